The lowest BCUT2D eigenvalue weighted by atomic mass is 10.3. The second-order valence-electron chi connectivity index (χ2n) is 3.79. The monoisotopic (exact) mass is 249 g/mol. The van der Waals surface area contributed by atoms with Crippen molar-refractivity contribution in [3.63, 3.8) is 0 Å². The van der Waals surface area contributed by atoms with E-state index in [9.17, 15) is 4.79 Å². The molecule has 0 fully saturated rings. The Morgan fingerprint density at radius 3 is 2.94 bits per heavy atom. The van der Waals surface area contributed by atoms with Crippen LogP contribution in [0.25, 0.3) is 11.0 Å². The molecule has 1 aromatic heterocycles. The molecule has 0 aliphatic carbocycles. The average molecular weight is 249 g/mol. The van der Waals surface area contributed by atoms with E-state index in [0.29, 0.717) is 0 Å². The van der Waals surface area contributed by atoms with Gasteiger partial charge in [0.15, 0.2) is 5.16 Å². The van der Waals surface area contributed by atoms with E-state index in [1.807, 2.05) is 24.3 Å². The summed E-state index contributed by atoms with van der Waals surface area (Å²) < 4.78 is 2.14. The predicted octanol–water partition coefficient (Wildman–Crippen LogP) is 2.02. The highest BCUT2D eigenvalue weighted by molar-refractivity contribution is 7.99. The van der Waals surface area contributed by atoms with Crippen LogP contribution < -0.4 is 5.73 Å². The molecule has 0 spiro atoms. The van der Waals surface area contributed by atoms with Crippen LogP contribution >= 0.6 is 11.8 Å². The number of imidazole rings is 1. The summed E-state index contributed by atoms with van der Waals surface area (Å²) in [5, 5.41) is 0.867. The van der Waals surface area contributed by atoms with E-state index in [2.05, 4.69) is 16.5 Å². The number of nitrogens with two attached hydrogens (primary N) is 1. The summed E-state index contributed by atoms with van der Waals surface area (Å²) in [5.74, 6) is -0.0438. The van der Waals surface area contributed by atoms with E-state index in [1.165, 1.54) is 11.8 Å². The van der Waals surface area contributed by atoms with Crippen molar-refractivity contribution in [2.75, 3.05) is 5.75 Å². The lowest BCUT2D eigenvalue weighted by Gasteiger charge is -2.05. The summed E-state index contributed by atoms with van der Waals surface area (Å²) in [6.45, 7) is 3.03. The molecule has 4 nitrogen and oxygen atoms in total. The van der Waals surface area contributed by atoms with Crippen molar-refractivity contribution in [3.8, 4) is 0 Å². The summed E-state index contributed by atoms with van der Waals surface area (Å²) in [5.41, 5.74) is 7.24. The van der Waals surface area contributed by atoms with Gasteiger partial charge in [-0.2, -0.15) is 0 Å². The van der Waals surface area contributed by atoms with Crippen molar-refractivity contribution < 1.29 is 4.79 Å². The van der Waals surface area contributed by atoms with Gasteiger partial charge in [0.05, 0.1) is 16.8 Å². The van der Waals surface area contributed by atoms with E-state index in [1.54, 1.807) is 0 Å². The van der Waals surface area contributed by atoms with Crippen LogP contribution in [0.3, 0.4) is 0 Å². The molecule has 1 amide bonds. The summed E-state index contributed by atoms with van der Waals surface area (Å²) in [4.78, 5) is 15.3. The van der Waals surface area contributed by atoms with Crippen molar-refractivity contribution in [1.29, 1.82) is 0 Å². The molecule has 0 saturated heterocycles. The van der Waals surface area contributed by atoms with Crippen molar-refractivity contribution in [2.24, 2.45) is 5.73 Å². The van der Waals surface area contributed by atoms with Crippen molar-refractivity contribution >= 4 is 28.7 Å². The highest BCUT2D eigenvalue weighted by Gasteiger charge is 2.10. The number of hydrogen-bond acceptors (Lipinski definition) is 3. The number of carbonyl (C=O) groups excluding carboxylic acids is 1. The first-order valence-corrected chi connectivity index (χ1v) is 6.57. The maximum atomic E-state index is 10.8. The Balaban J connectivity index is 2.38. The smallest absolute Gasteiger partial charge is 0.227 e. The zero-order valence-electron chi connectivity index (χ0n) is 9.72. The molecule has 1 aromatic carbocycles. The topological polar surface area (TPSA) is 60.9 Å². The number of amides is 1. The minimum absolute atomic E-state index is 0.271. The molecule has 0 bridgehead atoms. The number of fused-ring (bicyclic) bond motifs is 1. The quantitative estimate of drug-likeness (QED) is 0.825. The van der Waals surface area contributed by atoms with Crippen LogP contribution in [-0.2, 0) is 11.3 Å². The number of aryl methyl sites for hydroxylation is 1. The minimum Gasteiger partial charge on any atom is -0.369 e. The lowest BCUT2D eigenvalue weighted by Crippen LogP contribution is -2.13. The predicted molar refractivity (Wildman–Crippen MR) is 69.9 cm³/mol. The number of para-hydroxylation sites is 2. The number of primary amides is 1. The fourth-order valence-corrected chi connectivity index (χ4v) is 2.52. The Morgan fingerprint density at radius 2 is 2.24 bits per heavy atom. The Labute approximate surface area is 104 Å². The lowest BCUT2D eigenvalue weighted by molar-refractivity contribution is -0.115. The summed E-state index contributed by atoms with van der Waals surface area (Å²) in [6, 6.07) is 8.00. The Hall–Kier alpha value is -1.49. The maximum absolute atomic E-state index is 10.8. The Bertz CT molecular complexity index is 536. The van der Waals surface area contributed by atoms with E-state index < -0.39 is 0 Å². The standard InChI is InChI=1S/C12H15N3OS/c1-2-7-15-10-6-4-3-5-9(10)14-12(15)17-8-11(13)16/h3-6H,2,7-8H2,1H3,(H2,13,16). The molecule has 0 saturated carbocycles. The first-order chi connectivity index (χ1) is 8.22. The number of carbonyl (C=O) groups is 1. The molecule has 2 N–H and O–H groups in total. The van der Waals surface area contributed by atoms with E-state index >= 15 is 0 Å². The Morgan fingerprint density at radius 1 is 1.47 bits per heavy atom. The van der Waals surface area contributed by atoms with Gasteiger partial charge in [-0.05, 0) is 18.6 Å². The molecule has 5 heteroatoms. The number of rotatable bonds is 5. The maximum Gasteiger partial charge on any atom is 0.227 e. The molecule has 17 heavy (non-hydrogen) atoms. The Kier molecular flexibility index (Phi) is 3.68. The van der Waals surface area contributed by atoms with Gasteiger partial charge in [0.25, 0.3) is 0 Å². The van der Waals surface area contributed by atoms with Crippen molar-refractivity contribution in [1.82, 2.24) is 9.55 Å². The molecular weight excluding hydrogens is 234 g/mol. The second kappa shape index (κ2) is 5.23. The third kappa shape index (κ3) is 2.61. The molecule has 2 aromatic rings. The van der Waals surface area contributed by atoms with Crippen LogP contribution in [0.2, 0.25) is 0 Å². The van der Waals surface area contributed by atoms with Gasteiger partial charge in [0.2, 0.25) is 5.91 Å². The molecule has 0 radical (unpaired) electrons. The third-order valence-electron chi connectivity index (χ3n) is 2.41. The second-order valence-corrected chi connectivity index (χ2v) is 4.73. The van der Waals surface area contributed by atoms with Crippen molar-refractivity contribution in [3.05, 3.63) is 24.3 Å². The van der Waals surface area contributed by atoms with Gasteiger partial charge in [0, 0.05) is 6.54 Å². The van der Waals surface area contributed by atoms with E-state index in [0.717, 1.165) is 29.2 Å². The summed E-state index contributed by atoms with van der Waals surface area (Å²) >= 11 is 1.40. The first kappa shape index (κ1) is 12.0. The van der Waals surface area contributed by atoms with E-state index in [-0.39, 0.29) is 11.7 Å². The van der Waals surface area contributed by atoms with Crippen LogP contribution in [0.5, 0.6) is 0 Å². The molecule has 0 aliphatic rings. The summed E-state index contributed by atoms with van der Waals surface area (Å²) in [6.07, 6.45) is 1.03. The fraction of sp³-hybridized carbons (Fsp3) is 0.333. The molecule has 0 unspecified atom stereocenters. The summed E-state index contributed by atoms with van der Waals surface area (Å²) in [7, 11) is 0. The largest absolute Gasteiger partial charge is 0.369 e. The van der Waals surface area contributed by atoms with Gasteiger partial charge in [-0.25, -0.2) is 4.98 Å². The number of benzene rings is 1. The van der Waals surface area contributed by atoms with E-state index in [4.69, 9.17) is 5.73 Å². The van der Waals surface area contributed by atoms with Crippen LogP contribution in [0.4, 0.5) is 0 Å². The molecule has 90 valence electrons. The number of hydrogen-bond donors (Lipinski definition) is 1. The van der Waals surface area contributed by atoms with Crippen LogP contribution in [-0.4, -0.2) is 21.2 Å². The van der Waals surface area contributed by atoms with Crippen molar-refractivity contribution in [2.45, 2.75) is 25.0 Å². The molecule has 2 rings (SSSR count). The zero-order chi connectivity index (χ0) is 12.3. The third-order valence-corrected chi connectivity index (χ3v) is 3.41. The average Bonchev–Trinajstić information content (AvgIpc) is 2.66. The SMILES string of the molecule is CCCn1c(SCC(N)=O)nc2ccccc21. The van der Waals surface area contributed by atoms with Gasteiger partial charge >= 0.3 is 0 Å². The molecule has 1 heterocycles. The minimum atomic E-state index is -0.315. The van der Waals surface area contributed by atoms with Crippen LogP contribution in [0.1, 0.15) is 13.3 Å². The van der Waals surface area contributed by atoms with Gasteiger partial charge in [-0.1, -0.05) is 30.8 Å². The number of thioether (sulfide) groups is 1. The van der Waals surface area contributed by atoms with Crippen LogP contribution in [0, 0.1) is 0 Å². The van der Waals surface area contributed by atoms with Gasteiger partial charge in [-0.3, -0.25) is 4.79 Å². The van der Waals surface area contributed by atoms with Gasteiger partial charge < -0.3 is 10.3 Å². The fourth-order valence-electron chi connectivity index (χ4n) is 1.74. The first-order valence-electron chi connectivity index (χ1n) is 5.58. The highest BCUT2D eigenvalue weighted by atomic mass is 32.2. The van der Waals surface area contributed by atoms with Gasteiger partial charge in [-0.15, -0.1) is 0 Å². The number of nitrogens with zero attached hydrogens (tertiary/aromatic N) is 2. The van der Waals surface area contributed by atoms with Crippen LogP contribution in [0.15, 0.2) is 29.4 Å². The normalized spacial score (nSPS) is 10.9. The number of aromatic nitrogens is 2. The molecule has 0 atom stereocenters. The van der Waals surface area contributed by atoms with Gasteiger partial charge in [0.1, 0.15) is 0 Å². The molecular formula is C12H15N3OS. The highest BCUT2D eigenvalue weighted by Crippen LogP contribution is 2.24. The zero-order valence-corrected chi connectivity index (χ0v) is 10.5. The molecule has 0 aliphatic heterocycles.